The Morgan fingerprint density at radius 1 is 0.957 bits per heavy atom. The summed E-state index contributed by atoms with van der Waals surface area (Å²) in [5.41, 5.74) is -0.723. The molecule has 258 valence electrons. The number of nitrogens with one attached hydrogen (secondary N) is 5. The number of hydrogen-bond acceptors (Lipinski definition) is 7. The van der Waals surface area contributed by atoms with Crippen LogP contribution in [0.1, 0.15) is 115 Å². The predicted molar refractivity (Wildman–Crippen MR) is 173 cm³/mol. The maximum atomic E-state index is 14.5. The number of hydrogen-bond donors (Lipinski definition) is 5. The van der Waals surface area contributed by atoms with Gasteiger partial charge in [-0.2, -0.15) is 0 Å². The molecule has 3 saturated carbocycles. The van der Waals surface area contributed by atoms with Crippen LogP contribution >= 0.6 is 0 Å². The molecule has 5 amide bonds. The minimum absolute atomic E-state index is 0.0174. The van der Waals surface area contributed by atoms with E-state index in [2.05, 4.69) is 31.2 Å². The second-order valence-electron chi connectivity index (χ2n) is 15.0. The van der Waals surface area contributed by atoms with Gasteiger partial charge in [-0.05, 0) is 68.6 Å². The number of likely N-dealkylation sites (tertiary alicyclic amines) is 1. The summed E-state index contributed by atoms with van der Waals surface area (Å²) in [5.74, 6) is -3.16. The summed E-state index contributed by atoms with van der Waals surface area (Å²) in [6.45, 7) is 7.48. The first-order valence-corrected chi connectivity index (χ1v) is 17.5. The predicted octanol–water partition coefficient (Wildman–Crippen LogP) is 2.13. The molecule has 1 aromatic heterocycles. The summed E-state index contributed by atoms with van der Waals surface area (Å²) in [6, 6.07) is -3.78. The monoisotopic (exact) mass is 653 g/mol. The van der Waals surface area contributed by atoms with Crippen molar-refractivity contribution in [3.8, 4) is 0 Å². The maximum Gasteiger partial charge on any atom is 0.289 e. The van der Waals surface area contributed by atoms with Crippen molar-refractivity contribution in [2.24, 2.45) is 17.3 Å². The molecule has 0 radical (unpaired) electrons. The van der Waals surface area contributed by atoms with Crippen LogP contribution in [0.4, 0.5) is 0 Å². The largest absolute Gasteiger partial charge is 0.347 e. The van der Waals surface area contributed by atoms with Gasteiger partial charge >= 0.3 is 0 Å². The zero-order valence-corrected chi connectivity index (χ0v) is 28.1. The number of piperidine rings is 1. The van der Waals surface area contributed by atoms with Gasteiger partial charge in [-0.3, -0.25) is 28.8 Å². The van der Waals surface area contributed by atoms with Crippen LogP contribution in [0.3, 0.4) is 0 Å². The Morgan fingerprint density at radius 3 is 2.30 bits per heavy atom. The molecule has 4 fully saturated rings. The topological polar surface area (TPSA) is 182 Å². The van der Waals surface area contributed by atoms with E-state index < -0.39 is 59.0 Å². The van der Waals surface area contributed by atoms with Crippen molar-refractivity contribution >= 4 is 35.3 Å². The van der Waals surface area contributed by atoms with Crippen LogP contribution in [0.5, 0.6) is 0 Å². The van der Waals surface area contributed by atoms with Crippen molar-refractivity contribution in [2.75, 3.05) is 0 Å². The van der Waals surface area contributed by atoms with Crippen molar-refractivity contribution in [1.82, 2.24) is 36.1 Å². The number of Topliss-reactive ketones (excluding diaryl/α,β-unsaturated/α-hetero) is 1. The van der Waals surface area contributed by atoms with Crippen LogP contribution < -0.4 is 21.3 Å². The van der Waals surface area contributed by atoms with Crippen molar-refractivity contribution in [3.05, 3.63) is 18.2 Å². The molecule has 3 aliphatic carbocycles. The molecule has 2 unspecified atom stereocenters. The smallest absolute Gasteiger partial charge is 0.289 e. The van der Waals surface area contributed by atoms with E-state index in [1.165, 1.54) is 6.20 Å². The van der Waals surface area contributed by atoms with Gasteiger partial charge < -0.3 is 31.2 Å². The molecule has 1 saturated heterocycles. The van der Waals surface area contributed by atoms with E-state index >= 15 is 0 Å². The second-order valence-corrected chi connectivity index (χ2v) is 15.0. The van der Waals surface area contributed by atoms with Crippen LogP contribution in [0.25, 0.3) is 0 Å². The van der Waals surface area contributed by atoms with Gasteiger partial charge in [0.2, 0.25) is 23.5 Å². The zero-order chi connectivity index (χ0) is 33.9. The molecule has 4 aliphatic rings. The highest BCUT2D eigenvalue weighted by atomic mass is 16.2. The molecule has 5 rings (SSSR count). The van der Waals surface area contributed by atoms with Gasteiger partial charge in [-0.25, -0.2) is 4.98 Å². The number of ketones is 1. The van der Waals surface area contributed by atoms with Crippen LogP contribution in [0.2, 0.25) is 0 Å². The Kier molecular flexibility index (Phi) is 10.7. The number of fused-ring (bicyclic) bond motifs is 2. The quantitative estimate of drug-likeness (QED) is 0.202. The Hall–Kier alpha value is -3.77. The summed E-state index contributed by atoms with van der Waals surface area (Å²) in [7, 11) is 0. The molecule has 6 atom stereocenters. The lowest BCUT2D eigenvalue weighted by atomic mass is 9.81. The maximum absolute atomic E-state index is 14.5. The average molecular weight is 654 g/mol. The first kappa shape index (κ1) is 34.6. The van der Waals surface area contributed by atoms with Crippen molar-refractivity contribution < 1.29 is 28.8 Å². The van der Waals surface area contributed by atoms with Crippen molar-refractivity contribution in [1.29, 1.82) is 0 Å². The number of amides is 5. The summed E-state index contributed by atoms with van der Waals surface area (Å²) < 4.78 is 0. The molecule has 1 aromatic rings. The zero-order valence-electron chi connectivity index (χ0n) is 28.1. The Balaban J connectivity index is 1.34. The summed E-state index contributed by atoms with van der Waals surface area (Å²) in [6.07, 6.45) is 12.3. The number of aromatic nitrogens is 2. The third-order valence-electron chi connectivity index (χ3n) is 10.3. The van der Waals surface area contributed by atoms with Gasteiger partial charge in [0.1, 0.15) is 18.1 Å². The second kappa shape index (κ2) is 14.6. The minimum Gasteiger partial charge on any atom is -0.347 e. The highest BCUT2D eigenvalue weighted by Crippen LogP contribution is 2.44. The summed E-state index contributed by atoms with van der Waals surface area (Å²) >= 11 is 0. The molecule has 5 N–H and O–H groups in total. The van der Waals surface area contributed by atoms with Gasteiger partial charge in [0.05, 0.1) is 6.04 Å². The van der Waals surface area contributed by atoms with Crippen molar-refractivity contribution in [3.63, 3.8) is 0 Å². The third kappa shape index (κ3) is 8.03. The lowest BCUT2D eigenvalue weighted by molar-refractivity contribution is -0.149. The lowest BCUT2D eigenvalue weighted by Gasteiger charge is -2.41. The first-order chi connectivity index (χ1) is 22.4. The van der Waals surface area contributed by atoms with Gasteiger partial charge in [0.15, 0.2) is 5.82 Å². The van der Waals surface area contributed by atoms with E-state index in [0.29, 0.717) is 19.3 Å². The van der Waals surface area contributed by atoms with E-state index in [-0.39, 0.29) is 35.7 Å². The van der Waals surface area contributed by atoms with Crippen LogP contribution in [0, 0.1) is 17.3 Å². The number of H-pyrrole nitrogens is 1. The highest BCUT2D eigenvalue weighted by Gasteiger charge is 2.54. The number of carbonyl (C=O) groups is 6. The molecular formula is C34H51N7O6. The molecule has 1 aliphatic heterocycles. The number of imidazole rings is 1. The fourth-order valence-electron chi connectivity index (χ4n) is 7.59. The number of nitrogens with zero attached hydrogens (tertiary/aromatic N) is 2. The van der Waals surface area contributed by atoms with E-state index in [1.54, 1.807) is 11.1 Å². The number of rotatable bonds is 13. The SMILES string of the molecule is CCC[C@H](NC(=O)[C@@H]1C2CCC(C2)N1C(=O)[C@@H](NC(=O)[C@@H](NC(=O)c1ncc[nH]1)C1CCCCC1)C(C)(C)C)C(=O)C(=O)NC1CC1. The Labute approximate surface area is 276 Å². The van der Waals surface area contributed by atoms with Crippen molar-refractivity contribution in [2.45, 2.75) is 141 Å². The minimum atomic E-state index is -0.978. The van der Waals surface area contributed by atoms with Gasteiger partial charge in [0.25, 0.3) is 11.8 Å². The van der Waals surface area contributed by atoms with Gasteiger partial charge in [-0.15, -0.1) is 0 Å². The Bertz CT molecular complexity index is 1330. The molecule has 13 nitrogen and oxygen atoms in total. The van der Waals surface area contributed by atoms with E-state index in [4.69, 9.17) is 0 Å². The molecule has 2 heterocycles. The summed E-state index contributed by atoms with van der Waals surface area (Å²) in [4.78, 5) is 89.5. The van der Waals surface area contributed by atoms with E-state index in [0.717, 1.165) is 57.8 Å². The van der Waals surface area contributed by atoms with Crippen LogP contribution in [0.15, 0.2) is 12.4 Å². The average Bonchev–Trinajstić information content (AvgIpc) is 3.40. The summed E-state index contributed by atoms with van der Waals surface area (Å²) in [5, 5.41) is 11.4. The highest BCUT2D eigenvalue weighted by molar-refractivity contribution is 6.38. The fourth-order valence-corrected chi connectivity index (χ4v) is 7.59. The van der Waals surface area contributed by atoms with Gasteiger partial charge in [0, 0.05) is 24.5 Å². The number of carbonyl (C=O) groups excluding carboxylic acids is 6. The lowest BCUT2D eigenvalue weighted by Crippen LogP contribution is -2.64. The molecule has 47 heavy (non-hydrogen) atoms. The third-order valence-corrected chi connectivity index (χ3v) is 10.3. The van der Waals surface area contributed by atoms with E-state index in [9.17, 15) is 28.8 Å². The molecule has 2 bridgehead atoms. The Morgan fingerprint density at radius 2 is 1.68 bits per heavy atom. The molecule has 0 spiro atoms. The number of aromatic amines is 1. The van der Waals surface area contributed by atoms with Crippen LogP contribution in [-0.4, -0.2) is 86.4 Å². The van der Waals surface area contributed by atoms with Gasteiger partial charge in [-0.1, -0.05) is 53.4 Å². The van der Waals surface area contributed by atoms with Crippen LogP contribution in [-0.2, 0) is 24.0 Å². The first-order valence-electron chi connectivity index (χ1n) is 17.5. The molecular weight excluding hydrogens is 602 g/mol. The normalized spacial score (nSPS) is 24.6. The standard InChI is InChI=1S/C34H51N7O6/c1-5-9-23(26(42)31(45)37-21-13-14-21)38-30(44)25-20-12-15-22(18-20)41(25)33(47)27(34(2,3)4)40-29(43)24(19-10-7-6-8-11-19)39-32(46)28-35-16-17-36-28/h16-17,19-25,27H,5-15,18H2,1-4H3,(H,35,36)(H,37,45)(H,38,44)(H,39,46)(H,40,43)/t20?,22?,23-,24-,25-,27+/m0/s1. The fraction of sp³-hybridized carbons (Fsp3) is 0.735. The van der Waals surface area contributed by atoms with E-state index in [1.807, 2.05) is 27.7 Å². The molecule has 0 aromatic carbocycles. The molecule has 13 heteroatoms.